The Morgan fingerprint density at radius 3 is 2.45 bits per heavy atom. The monoisotopic (exact) mass is 298 g/mol. The number of carbonyl (C=O) groups excluding carboxylic acids is 1. The van der Waals surface area contributed by atoms with Gasteiger partial charge in [-0.3, -0.25) is 4.79 Å². The Hall–Kier alpha value is -1.40. The fourth-order valence-corrected chi connectivity index (χ4v) is 2.52. The van der Waals surface area contributed by atoms with E-state index in [0.717, 1.165) is 11.8 Å². The lowest BCUT2D eigenvalue weighted by molar-refractivity contribution is -0.122. The van der Waals surface area contributed by atoms with E-state index in [0.29, 0.717) is 6.42 Å². The highest BCUT2D eigenvalue weighted by atomic mass is 32.2. The molecule has 1 aromatic rings. The number of benzene rings is 1. The van der Waals surface area contributed by atoms with E-state index in [1.807, 2.05) is 37.3 Å². The molecule has 5 nitrogen and oxygen atoms in total. The van der Waals surface area contributed by atoms with Crippen LogP contribution in [0.3, 0.4) is 0 Å². The SMILES string of the molecule is CC(Cc1ccccc1)NC(=O)C(N)CCS(C)(=O)=O. The van der Waals surface area contributed by atoms with Crippen LogP contribution in [0.2, 0.25) is 0 Å². The van der Waals surface area contributed by atoms with Crippen LogP contribution in [0.15, 0.2) is 30.3 Å². The molecule has 0 aliphatic carbocycles. The lowest BCUT2D eigenvalue weighted by atomic mass is 10.1. The van der Waals surface area contributed by atoms with E-state index in [1.165, 1.54) is 0 Å². The van der Waals surface area contributed by atoms with Crippen LogP contribution < -0.4 is 11.1 Å². The molecule has 0 radical (unpaired) electrons. The minimum atomic E-state index is -3.09. The number of nitrogens with one attached hydrogen (secondary N) is 1. The molecule has 1 aromatic carbocycles. The quantitative estimate of drug-likeness (QED) is 0.767. The van der Waals surface area contributed by atoms with Gasteiger partial charge in [0.15, 0.2) is 0 Å². The maximum absolute atomic E-state index is 11.8. The fourth-order valence-electron chi connectivity index (χ4n) is 1.84. The average molecular weight is 298 g/mol. The molecule has 3 N–H and O–H groups in total. The van der Waals surface area contributed by atoms with Gasteiger partial charge in [0, 0.05) is 12.3 Å². The zero-order valence-electron chi connectivity index (χ0n) is 11.9. The van der Waals surface area contributed by atoms with Gasteiger partial charge in [0.25, 0.3) is 0 Å². The Balaban J connectivity index is 2.41. The van der Waals surface area contributed by atoms with E-state index in [4.69, 9.17) is 5.73 Å². The molecule has 0 fully saturated rings. The maximum Gasteiger partial charge on any atom is 0.237 e. The van der Waals surface area contributed by atoms with Crippen molar-refractivity contribution < 1.29 is 13.2 Å². The molecule has 1 rings (SSSR count). The first-order valence-electron chi connectivity index (χ1n) is 6.55. The molecule has 0 aromatic heterocycles. The smallest absolute Gasteiger partial charge is 0.237 e. The van der Waals surface area contributed by atoms with Crippen molar-refractivity contribution in [3.05, 3.63) is 35.9 Å². The van der Waals surface area contributed by atoms with Crippen molar-refractivity contribution in [3.63, 3.8) is 0 Å². The molecule has 0 saturated carbocycles. The lowest BCUT2D eigenvalue weighted by Gasteiger charge is -2.17. The van der Waals surface area contributed by atoms with Crippen LogP contribution in [0, 0.1) is 0 Å². The molecule has 112 valence electrons. The molecule has 0 saturated heterocycles. The van der Waals surface area contributed by atoms with E-state index in [9.17, 15) is 13.2 Å². The molecule has 0 aliphatic rings. The van der Waals surface area contributed by atoms with Gasteiger partial charge in [0.1, 0.15) is 9.84 Å². The predicted octanol–water partition coefficient (Wildman–Crippen LogP) is 0.496. The summed E-state index contributed by atoms with van der Waals surface area (Å²) in [4.78, 5) is 11.8. The van der Waals surface area contributed by atoms with Gasteiger partial charge < -0.3 is 11.1 Å². The van der Waals surface area contributed by atoms with Crippen molar-refractivity contribution in [2.45, 2.75) is 31.8 Å². The summed E-state index contributed by atoms with van der Waals surface area (Å²) in [5, 5.41) is 2.81. The Bertz CT molecular complexity index is 529. The van der Waals surface area contributed by atoms with Gasteiger partial charge in [0.2, 0.25) is 5.91 Å². The van der Waals surface area contributed by atoms with Gasteiger partial charge in [0.05, 0.1) is 11.8 Å². The van der Waals surface area contributed by atoms with E-state index in [2.05, 4.69) is 5.32 Å². The van der Waals surface area contributed by atoms with Gasteiger partial charge in [-0.05, 0) is 25.3 Å². The number of sulfone groups is 1. The van der Waals surface area contributed by atoms with Crippen LogP contribution in [0.1, 0.15) is 18.9 Å². The molecular formula is C14H22N2O3S. The number of amides is 1. The fraction of sp³-hybridized carbons (Fsp3) is 0.500. The number of hydrogen-bond acceptors (Lipinski definition) is 4. The minimum Gasteiger partial charge on any atom is -0.352 e. The highest BCUT2D eigenvalue weighted by Gasteiger charge is 2.17. The lowest BCUT2D eigenvalue weighted by Crippen LogP contribution is -2.45. The third kappa shape index (κ3) is 6.68. The second-order valence-electron chi connectivity index (χ2n) is 5.12. The Kier molecular flexibility index (Phi) is 6.16. The predicted molar refractivity (Wildman–Crippen MR) is 80.1 cm³/mol. The maximum atomic E-state index is 11.8. The van der Waals surface area contributed by atoms with Crippen molar-refractivity contribution in [3.8, 4) is 0 Å². The van der Waals surface area contributed by atoms with Gasteiger partial charge in [-0.1, -0.05) is 30.3 Å². The summed E-state index contributed by atoms with van der Waals surface area (Å²) in [6, 6.07) is 8.98. The molecule has 1 amide bonds. The van der Waals surface area contributed by atoms with Crippen molar-refractivity contribution in [1.82, 2.24) is 5.32 Å². The number of rotatable bonds is 7. The minimum absolute atomic E-state index is 0.0471. The number of hydrogen-bond donors (Lipinski definition) is 2. The zero-order chi connectivity index (χ0) is 15.2. The first kappa shape index (κ1) is 16.7. The van der Waals surface area contributed by atoms with Gasteiger partial charge in [-0.2, -0.15) is 0 Å². The first-order valence-corrected chi connectivity index (χ1v) is 8.61. The van der Waals surface area contributed by atoms with E-state index in [-0.39, 0.29) is 24.1 Å². The summed E-state index contributed by atoms with van der Waals surface area (Å²) in [5.41, 5.74) is 6.82. The van der Waals surface area contributed by atoms with Crippen molar-refractivity contribution in [2.75, 3.05) is 12.0 Å². The molecule has 0 aliphatic heterocycles. The topological polar surface area (TPSA) is 89.3 Å². The summed E-state index contributed by atoms with van der Waals surface area (Å²) in [5.74, 6) is -0.383. The van der Waals surface area contributed by atoms with Gasteiger partial charge >= 0.3 is 0 Å². The molecular weight excluding hydrogens is 276 g/mol. The van der Waals surface area contributed by atoms with Crippen molar-refractivity contribution in [1.29, 1.82) is 0 Å². The van der Waals surface area contributed by atoms with Crippen LogP contribution in [0.4, 0.5) is 0 Å². The third-order valence-corrected chi connectivity index (χ3v) is 3.89. The molecule has 20 heavy (non-hydrogen) atoms. The van der Waals surface area contributed by atoms with Gasteiger partial charge in [-0.25, -0.2) is 8.42 Å². The number of nitrogens with two attached hydrogens (primary N) is 1. The van der Waals surface area contributed by atoms with Crippen molar-refractivity contribution >= 4 is 15.7 Å². The zero-order valence-corrected chi connectivity index (χ0v) is 12.7. The summed E-state index contributed by atoms with van der Waals surface area (Å²) in [6.45, 7) is 1.90. The molecule has 2 atom stereocenters. The standard InChI is InChI=1S/C14H22N2O3S/c1-11(10-12-6-4-3-5-7-12)16-14(17)13(15)8-9-20(2,18)19/h3-7,11,13H,8-10,15H2,1-2H3,(H,16,17). The van der Waals surface area contributed by atoms with Crippen molar-refractivity contribution in [2.24, 2.45) is 5.73 Å². The Labute approximate surface area is 120 Å². The average Bonchev–Trinajstić information content (AvgIpc) is 2.36. The van der Waals surface area contributed by atoms with Crippen LogP contribution in [0.25, 0.3) is 0 Å². The first-order chi connectivity index (χ1) is 9.28. The third-order valence-electron chi connectivity index (χ3n) is 2.91. The summed E-state index contributed by atoms with van der Waals surface area (Å²) >= 11 is 0. The van der Waals surface area contributed by atoms with E-state index < -0.39 is 15.9 Å². The molecule has 0 spiro atoms. The van der Waals surface area contributed by atoms with Gasteiger partial charge in [-0.15, -0.1) is 0 Å². The summed E-state index contributed by atoms with van der Waals surface area (Å²) in [6.07, 6.45) is 1.99. The summed E-state index contributed by atoms with van der Waals surface area (Å²) in [7, 11) is -3.09. The van der Waals surface area contributed by atoms with Crippen LogP contribution in [-0.4, -0.2) is 38.4 Å². The summed E-state index contributed by atoms with van der Waals surface area (Å²) < 4.78 is 22.1. The van der Waals surface area contributed by atoms with Crippen LogP contribution >= 0.6 is 0 Å². The second-order valence-corrected chi connectivity index (χ2v) is 7.38. The highest BCUT2D eigenvalue weighted by molar-refractivity contribution is 7.90. The molecule has 2 unspecified atom stereocenters. The molecule has 0 bridgehead atoms. The normalized spacial score (nSPS) is 14.6. The van der Waals surface area contributed by atoms with Crippen LogP contribution in [-0.2, 0) is 21.1 Å². The molecule has 0 heterocycles. The highest BCUT2D eigenvalue weighted by Crippen LogP contribution is 2.03. The molecule has 6 heteroatoms. The largest absolute Gasteiger partial charge is 0.352 e. The Morgan fingerprint density at radius 1 is 1.30 bits per heavy atom. The van der Waals surface area contributed by atoms with Crippen LogP contribution in [0.5, 0.6) is 0 Å². The van der Waals surface area contributed by atoms with E-state index in [1.54, 1.807) is 0 Å². The Morgan fingerprint density at radius 2 is 1.90 bits per heavy atom. The second kappa shape index (κ2) is 7.40. The van der Waals surface area contributed by atoms with E-state index >= 15 is 0 Å². The number of carbonyl (C=O) groups is 1.